The standard InChI is InChI=1S/C18H30O.CH2O/c1-16(2)12-8-6-4-3-5-7-9-13-17-14-10-11-15-18(17)19;1-2/h10-11,14-16,19H,3-9,12-13H2,1-2H3;1H2. The molecule has 0 spiro atoms. The summed E-state index contributed by atoms with van der Waals surface area (Å²) in [6.07, 6.45) is 11.8. The summed E-state index contributed by atoms with van der Waals surface area (Å²) < 4.78 is 0. The Labute approximate surface area is 130 Å². The third kappa shape index (κ3) is 11.1. The molecule has 1 N–H and O–H groups in total. The monoisotopic (exact) mass is 292 g/mol. The summed E-state index contributed by atoms with van der Waals surface area (Å²) in [5, 5.41) is 9.66. The molecule has 2 nitrogen and oxygen atoms in total. The molecular formula is C19H32O2. The SMILES string of the molecule is C=O.CC(C)CCCCCCCCCc1ccccc1O. The fourth-order valence-corrected chi connectivity index (χ4v) is 2.47. The van der Waals surface area contributed by atoms with E-state index in [1.165, 1.54) is 51.4 Å². The smallest absolute Gasteiger partial charge is 0.118 e. The van der Waals surface area contributed by atoms with Gasteiger partial charge < -0.3 is 9.90 Å². The molecule has 0 bridgehead atoms. The molecule has 0 heterocycles. The highest BCUT2D eigenvalue weighted by Gasteiger charge is 1.99. The van der Waals surface area contributed by atoms with E-state index in [2.05, 4.69) is 13.8 Å². The van der Waals surface area contributed by atoms with Gasteiger partial charge in [-0.25, -0.2) is 0 Å². The van der Waals surface area contributed by atoms with Crippen LogP contribution in [0.5, 0.6) is 5.75 Å². The Bertz CT molecular complexity index is 347. The average Bonchev–Trinajstić information content (AvgIpc) is 2.49. The van der Waals surface area contributed by atoms with Gasteiger partial charge in [0.05, 0.1) is 0 Å². The van der Waals surface area contributed by atoms with Crippen molar-refractivity contribution in [3.05, 3.63) is 29.8 Å². The summed E-state index contributed by atoms with van der Waals surface area (Å²) in [6.45, 7) is 6.61. The first-order chi connectivity index (χ1) is 10.2. The van der Waals surface area contributed by atoms with Crippen molar-refractivity contribution in [1.29, 1.82) is 0 Å². The highest BCUT2D eigenvalue weighted by atomic mass is 16.3. The number of aromatic hydroxyl groups is 1. The third-order valence-electron chi connectivity index (χ3n) is 3.72. The van der Waals surface area contributed by atoms with Crippen LogP contribution in [0.4, 0.5) is 0 Å². The number of hydrogen-bond donors (Lipinski definition) is 1. The van der Waals surface area contributed by atoms with Crippen LogP contribution in [0.3, 0.4) is 0 Å². The number of rotatable bonds is 10. The molecular weight excluding hydrogens is 260 g/mol. The lowest BCUT2D eigenvalue weighted by Crippen LogP contribution is -1.88. The molecule has 0 unspecified atom stereocenters. The highest BCUT2D eigenvalue weighted by molar-refractivity contribution is 5.31. The fourth-order valence-electron chi connectivity index (χ4n) is 2.47. The number of carbonyl (C=O) groups is 1. The van der Waals surface area contributed by atoms with Crippen LogP contribution in [0.15, 0.2) is 24.3 Å². The minimum Gasteiger partial charge on any atom is -0.508 e. The molecule has 0 aliphatic rings. The average molecular weight is 292 g/mol. The summed E-state index contributed by atoms with van der Waals surface area (Å²) in [6, 6.07) is 7.70. The Balaban J connectivity index is 0.00000191. The van der Waals surface area contributed by atoms with Crippen LogP contribution in [0, 0.1) is 5.92 Å². The van der Waals surface area contributed by atoms with Crippen LogP contribution in [-0.2, 0) is 11.2 Å². The van der Waals surface area contributed by atoms with E-state index in [9.17, 15) is 5.11 Å². The largest absolute Gasteiger partial charge is 0.508 e. The first-order valence-electron chi connectivity index (χ1n) is 8.26. The number of phenols is 1. The summed E-state index contributed by atoms with van der Waals surface area (Å²) in [5.41, 5.74) is 1.10. The molecule has 1 rings (SSSR count). The van der Waals surface area contributed by atoms with E-state index in [0.29, 0.717) is 5.75 Å². The molecule has 120 valence electrons. The second-order valence-corrected chi connectivity index (χ2v) is 6.04. The normalized spacial score (nSPS) is 10.2. The van der Waals surface area contributed by atoms with Crippen molar-refractivity contribution < 1.29 is 9.90 Å². The second-order valence-electron chi connectivity index (χ2n) is 6.04. The Hall–Kier alpha value is -1.31. The molecule has 0 fully saturated rings. The Morgan fingerprint density at radius 3 is 2.00 bits per heavy atom. The molecule has 0 aromatic heterocycles. The van der Waals surface area contributed by atoms with E-state index in [1.54, 1.807) is 6.07 Å². The van der Waals surface area contributed by atoms with Gasteiger partial charge in [0.1, 0.15) is 12.5 Å². The molecule has 2 heteroatoms. The number of hydrogen-bond acceptors (Lipinski definition) is 2. The van der Waals surface area contributed by atoms with Gasteiger partial charge >= 0.3 is 0 Å². The number of unbranched alkanes of at least 4 members (excludes halogenated alkanes) is 6. The van der Waals surface area contributed by atoms with E-state index in [4.69, 9.17) is 4.79 Å². The molecule has 0 saturated heterocycles. The van der Waals surface area contributed by atoms with Crippen LogP contribution in [0.1, 0.15) is 70.8 Å². The molecule has 0 atom stereocenters. The molecule has 0 aliphatic heterocycles. The second kappa shape index (κ2) is 13.7. The van der Waals surface area contributed by atoms with Gasteiger partial charge in [-0.3, -0.25) is 0 Å². The summed E-state index contributed by atoms with van der Waals surface area (Å²) in [4.78, 5) is 8.00. The minimum absolute atomic E-state index is 0.455. The van der Waals surface area contributed by atoms with E-state index in [-0.39, 0.29) is 0 Å². The third-order valence-corrected chi connectivity index (χ3v) is 3.72. The lowest BCUT2D eigenvalue weighted by atomic mass is 10.0. The number of carbonyl (C=O) groups excluding carboxylic acids is 1. The first-order valence-corrected chi connectivity index (χ1v) is 8.26. The van der Waals surface area contributed by atoms with Crippen molar-refractivity contribution in [1.82, 2.24) is 0 Å². The van der Waals surface area contributed by atoms with Crippen molar-refractivity contribution in [3.63, 3.8) is 0 Å². The van der Waals surface area contributed by atoms with Crippen molar-refractivity contribution >= 4 is 6.79 Å². The van der Waals surface area contributed by atoms with Gasteiger partial charge in [-0.1, -0.05) is 77.0 Å². The molecule has 0 amide bonds. The van der Waals surface area contributed by atoms with Crippen molar-refractivity contribution in [2.45, 2.75) is 71.6 Å². The molecule has 0 aliphatic carbocycles. The van der Waals surface area contributed by atoms with Crippen molar-refractivity contribution in [2.24, 2.45) is 5.92 Å². The van der Waals surface area contributed by atoms with Crippen molar-refractivity contribution in [2.75, 3.05) is 0 Å². The highest BCUT2D eigenvalue weighted by Crippen LogP contribution is 2.19. The molecule has 1 aromatic rings. The van der Waals surface area contributed by atoms with E-state index < -0.39 is 0 Å². The van der Waals surface area contributed by atoms with Crippen LogP contribution >= 0.6 is 0 Å². The van der Waals surface area contributed by atoms with Gasteiger partial charge in [0.15, 0.2) is 0 Å². The first kappa shape index (κ1) is 19.7. The predicted molar refractivity (Wildman–Crippen MR) is 90.7 cm³/mol. The van der Waals surface area contributed by atoms with Crippen molar-refractivity contribution in [3.8, 4) is 5.75 Å². The molecule has 0 radical (unpaired) electrons. The van der Waals surface area contributed by atoms with Gasteiger partial charge in [0, 0.05) is 0 Å². The van der Waals surface area contributed by atoms with Crippen LogP contribution in [0.25, 0.3) is 0 Å². The van der Waals surface area contributed by atoms with E-state index in [0.717, 1.165) is 17.9 Å². The maximum absolute atomic E-state index is 9.66. The lowest BCUT2D eigenvalue weighted by molar-refractivity contribution is -0.0979. The summed E-state index contributed by atoms with van der Waals surface area (Å²) in [7, 11) is 0. The topological polar surface area (TPSA) is 37.3 Å². The molecule has 0 saturated carbocycles. The van der Waals surface area contributed by atoms with Crippen LogP contribution in [0.2, 0.25) is 0 Å². The Morgan fingerprint density at radius 2 is 1.43 bits per heavy atom. The van der Waals surface area contributed by atoms with Crippen LogP contribution in [-0.4, -0.2) is 11.9 Å². The summed E-state index contributed by atoms with van der Waals surface area (Å²) in [5.74, 6) is 1.31. The van der Waals surface area contributed by atoms with Gasteiger partial charge in [-0.05, 0) is 30.4 Å². The number of benzene rings is 1. The maximum Gasteiger partial charge on any atom is 0.118 e. The Kier molecular flexibility index (Phi) is 12.8. The predicted octanol–water partition coefficient (Wildman–Crippen LogP) is 5.53. The number of aryl methyl sites for hydroxylation is 1. The van der Waals surface area contributed by atoms with Gasteiger partial charge in [0.2, 0.25) is 0 Å². The van der Waals surface area contributed by atoms with Gasteiger partial charge in [0.25, 0.3) is 0 Å². The van der Waals surface area contributed by atoms with Gasteiger partial charge in [-0.15, -0.1) is 0 Å². The minimum atomic E-state index is 0.455. The van der Waals surface area contributed by atoms with Gasteiger partial charge in [-0.2, -0.15) is 0 Å². The summed E-state index contributed by atoms with van der Waals surface area (Å²) >= 11 is 0. The quantitative estimate of drug-likeness (QED) is 0.576. The lowest BCUT2D eigenvalue weighted by Gasteiger charge is -2.05. The zero-order valence-electron chi connectivity index (χ0n) is 13.8. The van der Waals surface area contributed by atoms with Crippen LogP contribution < -0.4 is 0 Å². The number of phenolic OH excluding ortho intramolecular Hbond substituents is 1. The van der Waals surface area contributed by atoms with E-state index >= 15 is 0 Å². The van der Waals surface area contributed by atoms with E-state index in [1.807, 2.05) is 25.0 Å². The zero-order valence-corrected chi connectivity index (χ0v) is 13.8. The number of para-hydroxylation sites is 1. The molecule has 1 aromatic carbocycles. The molecule has 21 heavy (non-hydrogen) atoms. The zero-order chi connectivity index (χ0) is 15.9. The fraction of sp³-hybridized carbons (Fsp3) is 0.632. The maximum atomic E-state index is 9.66. The Morgan fingerprint density at radius 1 is 0.905 bits per heavy atom.